The van der Waals surface area contributed by atoms with Crippen molar-refractivity contribution in [3.63, 3.8) is 0 Å². The average Bonchev–Trinajstić information content (AvgIpc) is 2.34. The Bertz CT molecular complexity index is 287. The van der Waals surface area contributed by atoms with Crippen molar-refractivity contribution in [3.05, 3.63) is 0 Å². The van der Waals surface area contributed by atoms with E-state index < -0.39 is 5.97 Å². The largest absolute Gasteiger partial charge is 0.481 e. The summed E-state index contributed by atoms with van der Waals surface area (Å²) in [5, 5.41) is 11.6. The van der Waals surface area contributed by atoms with Crippen LogP contribution in [0.1, 0.15) is 39.5 Å². The maximum atomic E-state index is 12.0. The van der Waals surface area contributed by atoms with E-state index in [2.05, 4.69) is 5.32 Å². The summed E-state index contributed by atoms with van der Waals surface area (Å²) >= 11 is 1.75. The second kappa shape index (κ2) is 9.95. The quantitative estimate of drug-likeness (QED) is 0.684. The van der Waals surface area contributed by atoms with Crippen LogP contribution in [0, 0.1) is 0 Å². The van der Waals surface area contributed by atoms with E-state index in [4.69, 9.17) is 5.11 Å². The lowest BCUT2D eigenvalue weighted by Gasteiger charge is -2.27. The van der Waals surface area contributed by atoms with Crippen LogP contribution < -0.4 is 5.32 Å². The second-order valence-electron chi connectivity index (χ2n) is 4.77. The molecule has 0 heterocycles. The Morgan fingerprint density at radius 1 is 1.37 bits per heavy atom. The summed E-state index contributed by atoms with van der Waals surface area (Å²) in [7, 11) is 1.75. The van der Waals surface area contributed by atoms with E-state index >= 15 is 0 Å². The van der Waals surface area contributed by atoms with Crippen LogP contribution in [0.2, 0.25) is 0 Å². The van der Waals surface area contributed by atoms with E-state index in [0.29, 0.717) is 6.42 Å². The Kier molecular flexibility index (Phi) is 9.47. The fraction of sp³-hybridized carbons (Fsp3) is 0.846. The van der Waals surface area contributed by atoms with Gasteiger partial charge in [0.1, 0.15) is 0 Å². The van der Waals surface area contributed by atoms with Gasteiger partial charge < -0.3 is 15.3 Å². The van der Waals surface area contributed by atoms with Crippen molar-refractivity contribution in [1.82, 2.24) is 10.2 Å². The standard InChI is InChI=1S/C13H26N2O3S/c1-5-6-11(9-12(16)17)14-13(18)15(3)10(2)7-8-19-4/h10-11H,5-9H2,1-4H3,(H,14,18)(H,16,17). The molecule has 0 aromatic rings. The molecule has 2 atom stereocenters. The molecule has 0 saturated heterocycles. The van der Waals surface area contributed by atoms with E-state index in [1.165, 1.54) is 0 Å². The number of carbonyl (C=O) groups is 2. The Labute approximate surface area is 120 Å². The van der Waals surface area contributed by atoms with Gasteiger partial charge >= 0.3 is 12.0 Å². The fourth-order valence-electron chi connectivity index (χ4n) is 1.74. The number of nitrogens with one attached hydrogen (secondary N) is 1. The molecule has 112 valence electrons. The van der Waals surface area contributed by atoms with Crippen molar-refractivity contribution in [2.45, 2.75) is 51.6 Å². The van der Waals surface area contributed by atoms with E-state index in [1.54, 1.807) is 23.7 Å². The van der Waals surface area contributed by atoms with Gasteiger partial charge in [-0.25, -0.2) is 4.79 Å². The van der Waals surface area contributed by atoms with Gasteiger partial charge in [0.2, 0.25) is 0 Å². The molecule has 0 aliphatic heterocycles. The first-order valence-corrected chi connectivity index (χ1v) is 8.05. The number of carbonyl (C=O) groups excluding carboxylic acids is 1. The van der Waals surface area contributed by atoms with Gasteiger partial charge in [-0.2, -0.15) is 11.8 Å². The molecule has 0 bridgehead atoms. The van der Waals surface area contributed by atoms with Crippen LogP contribution in [0.5, 0.6) is 0 Å². The van der Waals surface area contributed by atoms with Gasteiger partial charge in [0.15, 0.2) is 0 Å². The summed E-state index contributed by atoms with van der Waals surface area (Å²) in [5.74, 6) is 0.128. The molecular formula is C13H26N2O3S. The molecule has 0 aromatic carbocycles. The second-order valence-corrected chi connectivity index (χ2v) is 5.76. The molecule has 2 amide bonds. The summed E-state index contributed by atoms with van der Waals surface area (Å²) in [6.45, 7) is 3.98. The first kappa shape index (κ1) is 18.1. The minimum atomic E-state index is -0.878. The minimum absolute atomic E-state index is 0.0212. The molecule has 0 radical (unpaired) electrons. The number of carboxylic acid groups (broad SMARTS) is 1. The zero-order valence-electron chi connectivity index (χ0n) is 12.3. The fourth-order valence-corrected chi connectivity index (χ4v) is 2.32. The molecule has 0 spiro atoms. The third kappa shape index (κ3) is 7.97. The summed E-state index contributed by atoms with van der Waals surface area (Å²) < 4.78 is 0. The monoisotopic (exact) mass is 290 g/mol. The molecule has 0 rings (SSSR count). The first-order valence-electron chi connectivity index (χ1n) is 6.66. The Balaban J connectivity index is 4.32. The number of amides is 2. The van der Waals surface area contributed by atoms with Crippen LogP contribution in [-0.4, -0.2) is 53.1 Å². The predicted octanol–water partition coefficient (Wildman–Crippen LogP) is 2.41. The molecule has 2 N–H and O–H groups in total. The maximum absolute atomic E-state index is 12.0. The molecular weight excluding hydrogens is 264 g/mol. The lowest BCUT2D eigenvalue weighted by molar-refractivity contribution is -0.137. The highest BCUT2D eigenvalue weighted by molar-refractivity contribution is 7.98. The molecule has 0 fully saturated rings. The topological polar surface area (TPSA) is 69.6 Å². The van der Waals surface area contributed by atoms with Gasteiger partial charge in [0, 0.05) is 19.1 Å². The van der Waals surface area contributed by atoms with E-state index in [1.807, 2.05) is 20.1 Å². The van der Waals surface area contributed by atoms with Crippen LogP contribution >= 0.6 is 11.8 Å². The molecule has 2 unspecified atom stereocenters. The van der Waals surface area contributed by atoms with E-state index in [-0.39, 0.29) is 24.5 Å². The van der Waals surface area contributed by atoms with Crippen LogP contribution in [0.15, 0.2) is 0 Å². The van der Waals surface area contributed by atoms with E-state index in [9.17, 15) is 9.59 Å². The highest BCUT2D eigenvalue weighted by Gasteiger charge is 2.20. The number of thioether (sulfide) groups is 1. The molecule has 0 aliphatic carbocycles. The van der Waals surface area contributed by atoms with E-state index in [0.717, 1.165) is 18.6 Å². The lowest BCUT2D eigenvalue weighted by atomic mass is 10.1. The number of rotatable bonds is 9. The lowest BCUT2D eigenvalue weighted by Crippen LogP contribution is -2.47. The highest BCUT2D eigenvalue weighted by Crippen LogP contribution is 2.08. The third-order valence-electron chi connectivity index (χ3n) is 3.11. The van der Waals surface area contributed by atoms with Crippen LogP contribution in [0.4, 0.5) is 4.79 Å². The van der Waals surface area contributed by atoms with Crippen molar-refractivity contribution in [2.75, 3.05) is 19.1 Å². The number of hydrogen-bond acceptors (Lipinski definition) is 3. The number of aliphatic carboxylic acids is 1. The van der Waals surface area contributed by atoms with Crippen LogP contribution in [0.3, 0.4) is 0 Å². The molecule has 0 saturated carbocycles. The van der Waals surface area contributed by atoms with Crippen molar-refractivity contribution in [1.29, 1.82) is 0 Å². The Hall–Kier alpha value is -0.910. The molecule has 6 heteroatoms. The smallest absolute Gasteiger partial charge is 0.317 e. The zero-order chi connectivity index (χ0) is 14.8. The number of carboxylic acids is 1. The van der Waals surface area contributed by atoms with Crippen molar-refractivity contribution >= 4 is 23.8 Å². The summed E-state index contributed by atoms with van der Waals surface area (Å²) in [5.41, 5.74) is 0. The SMILES string of the molecule is CCCC(CC(=O)O)NC(=O)N(C)C(C)CCSC. The number of hydrogen-bond donors (Lipinski definition) is 2. The minimum Gasteiger partial charge on any atom is -0.481 e. The average molecular weight is 290 g/mol. The molecule has 0 aliphatic rings. The first-order chi connectivity index (χ1) is 8.92. The highest BCUT2D eigenvalue weighted by atomic mass is 32.2. The Morgan fingerprint density at radius 3 is 2.47 bits per heavy atom. The van der Waals surface area contributed by atoms with Gasteiger partial charge in [-0.3, -0.25) is 4.79 Å². The number of urea groups is 1. The van der Waals surface area contributed by atoms with Gasteiger partial charge in [0.05, 0.1) is 6.42 Å². The Morgan fingerprint density at radius 2 is 2.00 bits per heavy atom. The van der Waals surface area contributed by atoms with Crippen LogP contribution in [0.25, 0.3) is 0 Å². The maximum Gasteiger partial charge on any atom is 0.317 e. The van der Waals surface area contributed by atoms with Gasteiger partial charge in [-0.15, -0.1) is 0 Å². The molecule has 5 nitrogen and oxygen atoms in total. The summed E-state index contributed by atoms with van der Waals surface area (Å²) in [4.78, 5) is 24.4. The van der Waals surface area contributed by atoms with Crippen LogP contribution in [-0.2, 0) is 4.79 Å². The summed E-state index contributed by atoms with van der Waals surface area (Å²) in [6, 6.07) is -0.321. The zero-order valence-corrected chi connectivity index (χ0v) is 13.1. The molecule has 0 aromatic heterocycles. The molecule has 19 heavy (non-hydrogen) atoms. The van der Waals surface area contributed by atoms with Gasteiger partial charge in [-0.1, -0.05) is 13.3 Å². The normalized spacial score (nSPS) is 13.7. The predicted molar refractivity (Wildman–Crippen MR) is 79.7 cm³/mol. The summed E-state index contributed by atoms with van der Waals surface area (Å²) in [6.07, 6.45) is 4.49. The third-order valence-corrected chi connectivity index (χ3v) is 3.75. The van der Waals surface area contributed by atoms with Crippen molar-refractivity contribution in [3.8, 4) is 0 Å². The van der Waals surface area contributed by atoms with Gasteiger partial charge in [-0.05, 0) is 31.8 Å². The number of nitrogens with zero attached hydrogens (tertiary/aromatic N) is 1. The van der Waals surface area contributed by atoms with Crippen molar-refractivity contribution < 1.29 is 14.7 Å². The van der Waals surface area contributed by atoms with Crippen molar-refractivity contribution in [2.24, 2.45) is 0 Å². The van der Waals surface area contributed by atoms with Gasteiger partial charge in [0.25, 0.3) is 0 Å².